The van der Waals surface area contributed by atoms with E-state index in [1.54, 1.807) is 6.92 Å². The summed E-state index contributed by atoms with van der Waals surface area (Å²) in [7, 11) is 0.256. The molecule has 1 atom stereocenters. The number of ether oxygens (including phenoxy) is 3. The van der Waals surface area contributed by atoms with E-state index in [4.69, 9.17) is 18.6 Å². The van der Waals surface area contributed by atoms with E-state index < -0.39 is 43.2 Å². The van der Waals surface area contributed by atoms with Gasteiger partial charge in [0.1, 0.15) is 0 Å². The number of esters is 1. The van der Waals surface area contributed by atoms with Crippen molar-refractivity contribution in [1.29, 1.82) is 0 Å². The number of nitrogens with zero attached hydrogens (tertiary/aromatic N) is 2. The Morgan fingerprint density at radius 2 is 1.64 bits per heavy atom. The Hall–Kier alpha value is -3.38. The normalized spacial score (nSPS) is 17.9. The van der Waals surface area contributed by atoms with E-state index >= 15 is 0 Å². The van der Waals surface area contributed by atoms with Crippen LogP contribution in [0.15, 0.2) is 52.3 Å². The van der Waals surface area contributed by atoms with Gasteiger partial charge >= 0.3 is 12.1 Å². The van der Waals surface area contributed by atoms with Gasteiger partial charge < -0.3 is 23.7 Å². The van der Waals surface area contributed by atoms with E-state index in [-0.39, 0.29) is 34.8 Å². The minimum absolute atomic E-state index is 0.0133. The summed E-state index contributed by atoms with van der Waals surface area (Å²) in [4.78, 5) is 12.6. The summed E-state index contributed by atoms with van der Waals surface area (Å²) >= 11 is 0. The maximum absolute atomic E-state index is 13.3. The monoisotopic (exact) mass is 524 g/mol. The summed E-state index contributed by atoms with van der Waals surface area (Å²) in [5.74, 6) is -1.02. The lowest BCUT2D eigenvalue weighted by molar-refractivity contribution is -0.139. The van der Waals surface area contributed by atoms with Crippen LogP contribution in [-0.2, 0) is 25.9 Å². The summed E-state index contributed by atoms with van der Waals surface area (Å²) < 4.78 is 62.2. The molecule has 12 heteroatoms. The van der Waals surface area contributed by atoms with Crippen molar-refractivity contribution >= 4 is 20.0 Å². The number of rotatable bonds is 7. The zero-order valence-electron chi connectivity index (χ0n) is 20.7. The minimum atomic E-state index is -4.55. The molecule has 1 aliphatic rings. The Kier molecular flexibility index (Phi) is 7.51. The Balaban J connectivity index is 2.43. The van der Waals surface area contributed by atoms with Gasteiger partial charge in [-0.1, -0.05) is 12.1 Å². The average molecular weight is 525 g/mol. The molecule has 0 saturated carbocycles. The largest absolute Gasteiger partial charge is 0.505 e. The second-order valence-corrected chi connectivity index (χ2v) is 13.2. The summed E-state index contributed by atoms with van der Waals surface area (Å²) in [6.45, 7) is 7.18. The fourth-order valence-electron chi connectivity index (χ4n) is 3.72. The third kappa shape index (κ3) is 5.24. The molecular weight excluding hydrogens is 497 g/mol. The Morgan fingerprint density at radius 3 is 2.14 bits per heavy atom. The van der Waals surface area contributed by atoms with Crippen molar-refractivity contribution in [3.63, 3.8) is 0 Å². The number of hydrogen-bond acceptors (Lipinski definition) is 8. The highest BCUT2D eigenvalue weighted by Crippen LogP contribution is 2.48. The van der Waals surface area contributed by atoms with Crippen LogP contribution in [0.1, 0.15) is 29.2 Å². The highest BCUT2D eigenvalue weighted by molar-refractivity contribution is 6.69. The van der Waals surface area contributed by atoms with Crippen molar-refractivity contribution in [3.05, 3.63) is 64.3 Å². The Morgan fingerprint density at radius 1 is 1.06 bits per heavy atom. The van der Waals surface area contributed by atoms with Crippen LogP contribution in [0.5, 0.6) is 11.5 Å². The number of halogens is 3. The molecule has 0 saturated heterocycles. The first-order valence-electron chi connectivity index (χ1n) is 11.0. The fourth-order valence-corrected chi connectivity index (χ4v) is 4.87. The van der Waals surface area contributed by atoms with E-state index in [0.29, 0.717) is 0 Å². The highest BCUT2D eigenvalue weighted by Gasteiger charge is 2.46. The molecule has 0 bridgehead atoms. The second kappa shape index (κ2) is 9.94. The van der Waals surface area contributed by atoms with Gasteiger partial charge in [0, 0.05) is 16.7 Å². The van der Waals surface area contributed by atoms with Gasteiger partial charge in [0.05, 0.1) is 26.4 Å². The smallest absolute Gasteiger partial charge is 0.416 e. The molecule has 3 rings (SSSR count). The van der Waals surface area contributed by atoms with Crippen LogP contribution in [0.2, 0.25) is 19.6 Å². The van der Waals surface area contributed by atoms with E-state index in [1.165, 1.54) is 38.5 Å². The lowest BCUT2D eigenvalue weighted by atomic mass is 9.89. The van der Waals surface area contributed by atoms with Crippen LogP contribution in [-0.4, -0.2) is 40.2 Å². The number of aliphatic hydroxyl groups is 1. The quantitative estimate of drug-likeness (QED) is 0.351. The highest BCUT2D eigenvalue weighted by atomic mass is 28.4. The molecule has 1 heterocycles. The predicted molar refractivity (Wildman–Crippen MR) is 127 cm³/mol. The molecule has 0 aromatic heterocycles. The fraction of sp³-hybridized carbons (Fsp3) is 0.375. The zero-order chi connectivity index (χ0) is 26.9. The van der Waals surface area contributed by atoms with Crippen molar-refractivity contribution in [2.45, 2.75) is 38.5 Å². The second-order valence-electron chi connectivity index (χ2n) is 8.80. The Bertz CT molecular complexity index is 1210. The lowest BCUT2D eigenvalue weighted by Crippen LogP contribution is -2.40. The van der Waals surface area contributed by atoms with Gasteiger partial charge in [-0.2, -0.15) is 13.2 Å². The number of benzene rings is 2. The number of hydrogen-bond donors (Lipinski definition) is 1. The van der Waals surface area contributed by atoms with Gasteiger partial charge in [-0.05, 0) is 50.8 Å². The van der Waals surface area contributed by atoms with Crippen LogP contribution < -0.4 is 9.47 Å². The molecule has 0 fully saturated rings. The molecule has 1 aliphatic heterocycles. The molecular formula is C24H27F3N2O6Si. The summed E-state index contributed by atoms with van der Waals surface area (Å²) in [6, 6.07) is 7.20. The van der Waals surface area contributed by atoms with Crippen molar-refractivity contribution < 1.29 is 41.7 Å². The molecule has 0 amide bonds. The van der Waals surface area contributed by atoms with Crippen molar-refractivity contribution in [3.8, 4) is 11.5 Å². The Labute approximate surface area is 207 Å². The number of aliphatic hydroxyl groups excluding tert-OH is 1. The number of carbonyl (C=O) groups is 1. The molecule has 194 valence electrons. The third-order valence-electron chi connectivity index (χ3n) is 5.19. The molecule has 0 aliphatic carbocycles. The van der Waals surface area contributed by atoms with Crippen molar-refractivity contribution in [2.75, 3.05) is 20.8 Å². The third-order valence-corrected chi connectivity index (χ3v) is 6.09. The van der Waals surface area contributed by atoms with Crippen molar-refractivity contribution in [1.82, 2.24) is 0 Å². The van der Waals surface area contributed by atoms with Gasteiger partial charge in [-0.3, -0.25) is 0 Å². The predicted octanol–water partition coefficient (Wildman–Crippen LogP) is 6.03. The van der Waals surface area contributed by atoms with Crippen LogP contribution >= 0.6 is 0 Å². The molecule has 0 spiro atoms. The van der Waals surface area contributed by atoms with Crippen LogP contribution in [0.3, 0.4) is 0 Å². The number of fused-ring (bicyclic) bond motifs is 1. The average Bonchev–Trinajstić information content (AvgIpc) is 2.92. The molecule has 1 N–H and O–H groups in total. The maximum atomic E-state index is 13.3. The lowest BCUT2D eigenvalue weighted by Gasteiger charge is -2.36. The SMILES string of the molecule is CCOC(=O)C1=C(O)c2cc(OC)c(OC)cc2C(O[Si](C)(C)C)(c2ccc(C(F)(F)F)cc2)N=N1. The van der Waals surface area contributed by atoms with Gasteiger partial charge in [-0.15, -0.1) is 10.2 Å². The van der Waals surface area contributed by atoms with Crippen LogP contribution in [0.25, 0.3) is 5.76 Å². The maximum Gasteiger partial charge on any atom is 0.416 e. The first kappa shape index (κ1) is 27.2. The van der Waals surface area contributed by atoms with E-state index in [0.717, 1.165) is 12.1 Å². The van der Waals surface area contributed by atoms with Gasteiger partial charge in [0.15, 0.2) is 25.6 Å². The van der Waals surface area contributed by atoms with Gasteiger partial charge in [-0.25, -0.2) is 4.79 Å². The number of carbonyl (C=O) groups excluding carboxylic acids is 1. The zero-order valence-corrected chi connectivity index (χ0v) is 21.7. The topological polar surface area (TPSA) is 98.9 Å². The van der Waals surface area contributed by atoms with Gasteiger partial charge in [0.25, 0.3) is 0 Å². The molecule has 8 nitrogen and oxygen atoms in total. The molecule has 1 unspecified atom stereocenters. The number of azo groups is 1. The first-order valence-corrected chi connectivity index (χ1v) is 14.4. The van der Waals surface area contributed by atoms with E-state index in [2.05, 4.69) is 10.2 Å². The number of methoxy groups -OCH3 is 2. The molecule has 2 aromatic rings. The molecule has 0 radical (unpaired) electrons. The number of alkyl halides is 3. The summed E-state index contributed by atoms with van der Waals surface area (Å²) in [6.07, 6.45) is -4.55. The van der Waals surface area contributed by atoms with E-state index in [1.807, 2.05) is 19.6 Å². The first-order chi connectivity index (χ1) is 16.8. The molecule has 2 aromatic carbocycles. The van der Waals surface area contributed by atoms with Crippen LogP contribution in [0, 0.1) is 0 Å². The molecule has 36 heavy (non-hydrogen) atoms. The standard InChI is InChI=1S/C24H27F3N2O6Si/c1-7-34-22(31)20-21(30)16-12-18(32-2)19(33-3)13-17(16)23(29-28-20,35-36(4,5)6)14-8-10-15(11-9-14)24(25,26)27/h8-13,30H,7H2,1-6H3. The summed E-state index contributed by atoms with van der Waals surface area (Å²) in [5.41, 5.74) is -2.71. The van der Waals surface area contributed by atoms with E-state index in [9.17, 15) is 23.1 Å². The summed E-state index contributed by atoms with van der Waals surface area (Å²) in [5, 5.41) is 19.5. The minimum Gasteiger partial charge on any atom is -0.505 e. The van der Waals surface area contributed by atoms with Crippen LogP contribution in [0.4, 0.5) is 13.2 Å². The van der Waals surface area contributed by atoms with Crippen molar-refractivity contribution in [2.24, 2.45) is 10.2 Å². The van der Waals surface area contributed by atoms with Gasteiger partial charge in [0.2, 0.25) is 11.4 Å².